The second kappa shape index (κ2) is 11.0. The number of ether oxygens (including phenoxy) is 2. The number of methoxy groups -OCH3 is 2. The van der Waals surface area contributed by atoms with Gasteiger partial charge in [0.2, 0.25) is 11.8 Å². The minimum atomic E-state index is -0.960. The van der Waals surface area contributed by atoms with Crippen LogP contribution in [0.1, 0.15) is 55.4 Å². The van der Waals surface area contributed by atoms with E-state index in [9.17, 15) is 19.2 Å². The average molecular weight is 525 g/mol. The number of nitrogens with zero attached hydrogens (tertiary/aromatic N) is 1. The fraction of sp³-hybridized carbons (Fsp3) is 0.571. The van der Waals surface area contributed by atoms with Crippen LogP contribution in [0.15, 0.2) is 24.3 Å². The van der Waals surface area contributed by atoms with Crippen LogP contribution in [0, 0.1) is 17.8 Å². The molecule has 5 rings (SSSR count). The van der Waals surface area contributed by atoms with E-state index in [2.05, 4.69) is 15.6 Å². The second-order valence-electron chi connectivity index (χ2n) is 10.7. The lowest BCUT2D eigenvalue weighted by Gasteiger charge is -2.31. The largest absolute Gasteiger partial charge is 0.496 e. The fourth-order valence-electron chi connectivity index (χ4n) is 6.55. The predicted octanol–water partition coefficient (Wildman–Crippen LogP) is 2.38. The van der Waals surface area contributed by atoms with Gasteiger partial charge in [0, 0.05) is 29.9 Å². The van der Waals surface area contributed by atoms with E-state index in [0.29, 0.717) is 31.0 Å². The molecule has 1 saturated carbocycles. The number of H-pyrrole nitrogens is 1. The van der Waals surface area contributed by atoms with E-state index < -0.39 is 18.1 Å². The Morgan fingerprint density at radius 3 is 2.71 bits per heavy atom. The van der Waals surface area contributed by atoms with Crippen LogP contribution in [-0.4, -0.2) is 73.0 Å². The molecule has 204 valence electrons. The van der Waals surface area contributed by atoms with Gasteiger partial charge in [0.25, 0.3) is 5.91 Å². The number of piperidine rings is 1. The van der Waals surface area contributed by atoms with Gasteiger partial charge < -0.3 is 30.0 Å². The Kier molecular flexibility index (Phi) is 7.58. The molecule has 1 aromatic carbocycles. The molecule has 3 fully saturated rings. The number of carbonyl (C=O) groups excluding carboxylic acids is 4. The first kappa shape index (κ1) is 26.1. The van der Waals surface area contributed by atoms with Gasteiger partial charge in [-0.2, -0.15) is 0 Å². The molecule has 3 amide bonds. The van der Waals surface area contributed by atoms with Gasteiger partial charge in [0.05, 0.1) is 14.2 Å². The number of nitrogens with one attached hydrogen (secondary N) is 3. The van der Waals surface area contributed by atoms with Crippen LogP contribution in [-0.2, 0) is 19.1 Å². The van der Waals surface area contributed by atoms with E-state index in [1.807, 2.05) is 18.2 Å². The first-order valence-electron chi connectivity index (χ1n) is 13.5. The lowest BCUT2D eigenvalue weighted by molar-refractivity contribution is -0.146. The predicted molar refractivity (Wildman–Crippen MR) is 139 cm³/mol. The van der Waals surface area contributed by atoms with Crippen molar-refractivity contribution in [2.45, 2.75) is 57.0 Å². The van der Waals surface area contributed by atoms with E-state index in [1.165, 1.54) is 7.11 Å². The molecule has 0 spiro atoms. The van der Waals surface area contributed by atoms with E-state index >= 15 is 0 Å². The highest BCUT2D eigenvalue weighted by molar-refractivity contribution is 6.02. The van der Waals surface area contributed by atoms with E-state index in [0.717, 1.165) is 43.0 Å². The maximum absolute atomic E-state index is 13.8. The van der Waals surface area contributed by atoms with Crippen molar-refractivity contribution in [1.82, 2.24) is 20.5 Å². The van der Waals surface area contributed by atoms with Crippen LogP contribution in [0.3, 0.4) is 0 Å². The normalized spacial score (nSPS) is 25.8. The molecule has 0 radical (unpaired) electrons. The third kappa shape index (κ3) is 4.96. The Morgan fingerprint density at radius 2 is 1.95 bits per heavy atom. The number of likely N-dealkylation sites (tertiary alicyclic amines) is 1. The van der Waals surface area contributed by atoms with Crippen molar-refractivity contribution in [1.29, 1.82) is 0 Å². The van der Waals surface area contributed by atoms with Gasteiger partial charge in [-0.05, 0) is 62.1 Å². The number of benzene rings is 1. The zero-order chi connectivity index (χ0) is 26.8. The Hall–Kier alpha value is -3.56. The summed E-state index contributed by atoms with van der Waals surface area (Å²) in [4.78, 5) is 57.5. The number of aromatic nitrogens is 1. The molecular weight excluding hydrogens is 488 g/mol. The van der Waals surface area contributed by atoms with Gasteiger partial charge in [0.1, 0.15) is 23.5 Å². The van der Waals surface area contributed by atoms with Gasteiger partial charge in [-0.3, -0.25) is 14.4 Å². The molecule has 2 aromatic rings. The van der Waals surface area contributed by atoms with Crippen molar-refractivity contribution in [3.63, 3.8) is 0 Å². The van der Waals surface area contributed by atoms with Crippen molar-refractivity contribution >= 4 is 34.6 Å². The second-order valence-corrected chi connectivity index (χ2v) is 10.7. The van der Waals surface area contributed by atoms with Crippen molar-refractivity contribution in [3.05, 3.63) is 30.0 Å². The molecule has 1 aliphatic carbocycles. The fourth-order valence-corrected chi connectivity index (χ4v) is 6.55. The number of amides is 3. The third-order valence-corrected chi connectivity index (χ3v) is 8.47. The smallest absolute Gasteiger partial charge is 0.328 e. The quantitative estimate of drug-likeness (QED) is 0.477. The zero-order valence-electron chi connectivity index (χ0n) is 22.0. The highest BCUT2D eigenvalue weighted by Gasteiger charge is 2.49. The maximum Gasteiger partial charge on any atom is 0.328 e. The summed E-state index contributed by atoms with van der Waals surface area (Å²) >= 11 is 0. The summed E-state index contributed by atoms with van der Waals surface area (Å²) in [6.07, 6.45) is 5.52. The Balaban J connectivity index is 1.40. The molecule has 1 unspecified atom stereocenters. The van der Waals surface area contributed by atoms with Crippen LogP contribution < -0.4 is 15.4 Å². The molecule has 0 bridgehead atoms. The number of aromatic amines is 1. The molecule has 5 atom stereocenters. The molecule has 3 N–H and O–H groups in total. The monoisotopic (exact) mass is 524 g/mol. The van der Waals surface area contributed by atoms with Gasteiger partial charge in [-0.25, -0.2) is 4.79 Å². The Morgan fingerprint density at radius 1 is 1.13 bits per heavy atom. The van der Waals surface area contributed by atoms with Crippen molar-refractivity contribution in [2.24, 2.45) is 17.8 Å². The summed E-state index contributed by atoms with van der Waals surface area (Å²) in [5.41, 5.74) is 1.17. The van der Waals surface area contributed by atoms with Gasteiger partial charge >= 0.3 is 5.97 Å². The van der Waals surface area contributed by atoms with E-state index in [4.69, 9.17) is 9.47 Å². The van der Waals surface area contributed by atoms with Crippen LogP contribution in [0.25, 0.3) is 10.9 Å². The molecule has 3 aliphatic rings. The standard InChI is InChI=1S/C28H36N4O6/c1-37-23-11-5-10-20-19(23)14-21(30-20)27(35)32-15-17-7-3-4-9-18(17)24(32)26(34)31-22(28(36)38-2)13-16-8-6-12-29-25(16)33/h5,10-11,14,16-18,22,24,30H,3-4,6-9,12-13,15H2,1-2H3,(H,29,33)(H,31,34)/t16-,17-,18-,22?,24-/m0/s1. The summed E-state index contributed by atoms with van der Waals surface area (Å²) in [5.74, 6) is -0.791. The number of carbonyl (C=O) groups is 4. The SMILES string of the molecule is COC(=O)C(C[C@@H]1CCCNC1=O)NC(=O)[C@@H]1[C@H]2CCCC[C@H]2CN1C(=O)c1cc2c(OC)cccc2[nH]1. The third-order valence-electron chi connectivity index (χ3n) is 8.47. The molecule has 2 saturated heterocycles. The van der Waals surface area contributed by atoms with Gasteiger partial charge in [-0.15, -0.1) is 0 Å². The molecule has 1 aromatic heterocycles. The number of hydrogen-bond acceptors (Lipinski definition) is 6. The van der Waals surface area contributed by atoms with Crippen molar-refractivity contribution in [3.8, 4) is 5.75 Å². The molecule has 3 heterocycles. The Bertz CT molecular complexity index is 1230. The minimum Gasteiger partial charge on any atom is -0.496 e. The van der Waals surface area contributed by atoms with Gasteiger partial charge in [-0.1, -0.05) is 18.9 Å². The highest BCUT2D eigenvalue weighted by Crippen LogP contribution is 2.41. The topological polar surface area (TPSA) is 130 Å². The first-order valence-corrected chi connectivity index (χ1v) is 13.5. The number of rotatable bonds is 7. The average Bonchev–Trinajstić information content (AvgIpc) is 3.55. The van der Waals surface area contributed by atoms with Crippen LogP contribution in [0.2, 0.25) is 0 Å². The van der Waals surface area contributed by atoms with Crippen molar-refractivity contribution < 1.29 is 28.7 Å². The highest BCUT2D eigenvalue weighted by atomic mass is 16.5. The number of esters is 1. The summed E-state index contributed by atoms with van der Waals surface area (Å²) in [5, 5.41) is 6.50. The summed E-state index contributed by atoms with van der Waals surface area (Å²) in [7, 11) is 2.86. The maximum atomic E-state index is 13.8. The Labute approximate surface area is 221 Å². The minimum absolute atomic E-state index is 0.0166. The van der Waals surface area contributed by atoms with Gasteiger partial charge in [0.15, 0.2) is 0 Å². The van der Waals surface area contributed by atoms with Crippen LogP contribution >= 0.6 is 0 Å². The van der Waals surface area contributed by atoms with Crippen LogP contribution in [0.5, 0.6) is 5.75 Å². The molecule has 2 aliphatic heterocycles. The summed E-state index contributed by atoms with van der Waals surface area (Å²) in [6.45, 7) is 1.11. The lowest BCUT2D eigenvalue weighted by atomic mass is 9.78. The first-order chi connectivity index (χ1) is 18.4. The van der Waals surface area contributed by atoms with Crippen LogP contribution in [0.4, 0.5) is 0 Å². The molecule has 38 heavy (non-hydrogen) atoms. The number of fused-ring (bicyclic) bond motifs is 2. The molecule has 10 heteroatoms. The summed E-state index contributed by atoms with van der Waals surface area (Å²) < 4.78 is 10.4. The number of hydrogen-bond donors (Lipinski definition) is 3. The summed E-state index contributed by atoms with van der Waals surface area (Å²) in [6, 6.07) is 5.68. The van der Waals surface area contributed by atoms with Crippen molar-refractivity contribution in [2.75, 3.05) is 27.3 Å². The van der Waals surface area contributed by atoms with E-state index in [1.54, 1.807) is 18.1 Å². The molecule has 10 nitrogen and oxygen atoms in total. The van der Waals surface area contributed by atoms with E-state index in [-0.39, 0.29) is 41.9 Å². The molecular formula is C28H36N4O6. The zero-order valence-corrected chi connectivity index (χ0v) is 22.0. The lowest BCUT2D eigenvalue weighted by Crippen LogP contribution is -2.54.